The molecule has 1 unspecified atom stereocenters. The molecule has 7 nitrogen and oxygen atoms in total. The van der Waals surface area contributed by atoms with Gasteiger partial charge in [0.25, 0.3) is 5.78 Å². The second-order valence-corrected chi connectivity index (χ2v) is 8.66. The van der Waals surface area contributed by atoms with E-state index in [-0.39, 0.29) is 0 Å². The van der Waals surface area contributed by atoms with Crippen LogP contribution in [0.3, 0.4) is 0 Å². The van der Waals surface area contributed by atoms with Crippen molar-refractivity contribution in [3.05, 3.63) is 10.4 Å². The van der Waals surface area contributed by atoms with Gasteiger partial charge >= 0.3 is 0 Å². The summed E-state index contributed by atoms with van der Waals surface area (Å²) in [6.07, 6.45) is 6.08. The molecule has 5 rings (SSSR count). The Morgan fingerprint density at radius 3 is 3.00 bits per heavy atom. The summed E-state index contributed by atoms with van der Waals surface area (Å²) in [4.78, 5) is 12.6. The van der Waals surface area contributed by atoms with Crippen LogP contribution in [0.15, 0.2) is 0 Å². The fourth-order valence-electron chi connectivity index (χ4n) is 4.48. The predicted molar refractivity (Wildman–Crippen MR) is 104 cm³/mol. The van der Waals surface area contributed by atoms with Crippen LogP contribution in [0.1, 0.15) is 50.0 Å². The summed E-state index contributed by atoms with van der Waals surface area (Å²) < 4.78 is 1.83. The van der Waals surface area contributed by atoms with E-state index in [9.17, 15) is 0 Å². The molecule has 8 heteroatoms. The normalized spacial score (nSPS) is 21.6. The summed E-state index contributed by atoms with van der Waals surface area (Å²) in [6, 6.07) is 0.522. The van der Waals surface area contributed by atoms with Gasteiger partial charge in [-0.05, 0) is 61.6 Å². The Morgan fingerprint density at radius 2 is 2.15 bits per heavy atom. The number of aromatic nitrogens is 5. The smallest absolute Gasteiger partial charge is 0.276 e. The number of hydrogen-bond donors (Lipinski definition) is 0. The van der Waals surface area contributed by atoms with E-state index in [0.29, 0.717) is 11.8 Å². The van der Waals surface area contributed by atoms with Crippen LogP contribution in [0, 0.1) is 0 Å². The summed E-state index contributed by atoms with van der Waals surface area (Å²) in [6.45, 7) is 9.00. The Hall–Kier alpha value is -1.80. The van der Waals surface area contributed by atoms with Crippen molar-refractivity contribution in [2.24, 2.45) is 0 Å². The number of thiophene rings is 1. The van der Waals surface area contributed by atoms with Crippen molar-refractivity contribution in [2.45, 2.75) is 58.5 Å². The highest BCUT2D eigenvalue weighted by atomic mass is 32.1. The predicted octanol–water partition coefficient (Wildman–Crippen LogP) is 2.88. The largest absolute Gasteiger partial charge is 0.353 e. The first-order valence-corrected chi connectivity index (χ1v) is 10.6. The standard InChI is InChI=1S/C18H25N7S/c1-3-8-23-10-7-13-14(11-23)26-17-15(13)16(19-18-20-21-22-25(17)18)24-9-5-4-6-12(24)2/h12H,3-11H2,1-2H3. The molecule has 0 aromatic carbocycles. The highest BCUT2D eigenvalue weighted by Crippen LogP contribution is 2.41. The number of nitrogens with zero attached hydrogens (tertiary/aromatic N) is 7. The molecule has 1 atom stereocenters. The fraction of sp³-hybridized carbons (Fsp3) is 0.667. The highest BCUT2D eigenvalue weighted by Gasteiger charge is 2.29. The van der Waals surface area contributed by atoms with Gasteiger partial charge in [0.05, 0.1) is 5.39 Å². The molecule has 138 valence electrons. The third-order valence-electron chi connectivity index (χ3n) is 5.81. The van der Waals surface area contributed by atoms with Crippen LogP contribution in [0.5, 0.6) is 0 Å². The fourth-order valence-corrected chi connectivity index (χ4v) is 5.81. The molecule has 0 bridgehead atoms. The van der Waals surface area contributed by atoms with Crippen LogP contribution in [0.4, 0.5) is 5.82 Å². The van der Waals surface area contributed by atoms with Gasteiger partial charge in [0.15, 0.2) is 0 Å². The summed E-state index contributed by atoms with van der Waals surface area (Å²) in [7, 11) is 0. The Bertz CT molecular complexity index is 946. The minimum atomic E-state index is 0.522. The molecule has 0 saturated carbocycles. The van der Waals surface area contributed by atoms with E-state index in [2.05, 4.69) is 39.2 Å². The van der Waals surface area contributed by atoms with Gasteiger partial charge in [0.2, 0.25) is 0 Å². The molecule has 0 aliphatic carbocycles. The molecule has 1 fully saturated rings. The van der Waals surface area contributed by atoms with E-state index in [1.807, 2.05) is 15.9 Å². The van der Waals surface area contributed by atoms with Crippen molar-refractivity contribution >= 4 is 33.1 Å². The third kappa shape index (κ3) is 2.50. The molecule has 3 aromatic rings. The maximum absolute atomic E-state index is 4.92. The average molecular weight is 372 g/mol. The van der Waals surface area contributed by atoms with Gasteiger partial charge in [-0.1, -0.05) is 12.0 Å². The van der Waals surface area contributed by atoms with Gasteiger partial charge in [-0.15, -0.1) is 11.3 Å². The van der Waals surface area contributed by atoms with Crippen molar-refractivity contribution in [2.75, 3.05) is 24.5 Å². The Labute approximate surface area is 157 Å². The summed E-state index contributed by atoms with van der Waals surface area (Å²) >= 11 is 1.85. The van der Waals surface area contributed by atoms with Crippen LogP contribution >= 0.6 is 11.3 Å². The monoisotopic (exact) mass is 371 g/mol. The molecular formula is C18H25N7S. The molecule has 2 aliphatic rings. The molecule has 2 aliphatic heterocycles. The number of hydrogen-bond acceptors (Lipinski definition) is 7. The van der Waals surface area contributed by atoms with E-state index >= 15 is 0 Å². The van der Waals surface area contributed by atoms with Crippen LogP contribution < -0.4 is 4.90 Å². The van der Waals surface area contributed by atoms with Crippen molar-refractivity contribution in [1.82, 2.24) is 29.9 Å². The molecule has 5 heterocycles. The Kier molecular flexibility index (Phi) is 4.04. The average Bonchev–Trinajstić information content (AvgIpc) is 3.25. The first-order chi connectivity index (χ1) is 12.8. The second kappa shape index (κ2) is 6.42. The van der Waals surface area contributed by atoms with Gasteiger partial charge in [0.1, 0.15) is 10.6 Å². The van der Waals surface area contributed by atoms with E-state index in [1.165, 1.54) is 48.1 Å². The van der Waals surface area contributed by atoms with Crippen LogP contribution in [0.25, 0.3) is 16.0 Å². The van der Waals surface area contributed by atoms with Gasteiger partial charge < -0.3 is 4.90 Å². The van der Waals surface area contributed by atoms with Crippen molar-refractivity contribution < 1.29 is 0 Å². The van der Waals surface area contributed by atoms with E-state index < -0.39 is 0 Å². The van der Waals surface area contributed by atoms with Crippen molar-refractivity contribution in [1.29, 1.82) is 0 Å². The van der Waals surface area contributed by atoms with Gasteiger partial charge in [-0.3, -0.25) is 4.90 Å². The zero-order chi connectivity index (χ0) is 17.7. The number of rotatable bonds is 3. The van der Waals surface area contributed by atoms with Gasteiger partial charge in [0, 0.05) is 30.6 Å². The van der Waals surface area contributed by atoms with E-state index in [1.54, 1.807) is 0 Å². The Balaban J connectivity index is 1.71. The zero-order valence-corrected chi connectivity index (χ0v) is 16.3. The second-order valence-electron chi connectivity index (χ2n) is 7.57. The van der Waals surface area contributed by atoms with Gasteiger partial charge in [-0.25, -0.2) is 0 Å². The number of piperidine rings is 1. The molecular weight excluding hydrogens is 346 g/mol. The summed E-state index contributed by atoms with van der Waals surface area (Å²) in [5.41, 5.74) is 1.48. The number of anilines is 1. The molecule has 26 heavy (non-hydrogen) atoms. The highest BCUT2D eigenvalue weighted by molar-refractivity contribution is 7.19. The minimum Gasteiger partial charge on any atom is -0.353 e. The minimum absolute atomic E-state index is 0.522. The maximum Gasteiger partial charge on any atom is 0.276 e. The SMILES string of the molecule is CCCN1CCc2c(sc3c2c(N2CCCCC2C)nc2nnnn23)C1. The van der Waals surface area contributed by atoms with E-state index in [0.717, 1.165) is 36.7 Å². The molecule has 0 N–H and O–H groups in total. The van der Waals surface area contributed by atoms with Crippen LogP contribution in [0.2, 0.25) is 0 Å². The molecule has 0 radical (unpaired) electrons. The zero-order valence-electron chi connectivity index (χ0n) is 15.5. The topological polar surface area (TPSA) is 62.5 Å². The lowest BCUT2D eigenvalue weighted by molar-refractivity contribution is 0.258. The lowest BCUT2D eigenvalue weighted by atomic mass is 10.0. The molecule has 0 spiro atoms. The number of fused-ring (bicyclic) bond motifs is 5. The maximum atomic E-state index is 4.92. The summed E-state index contributed by atoms with van der Waals surface area (Å²) in [5, 5.41) is 13.6. The third-order valence-corrected chi connectivity index (χ3v) is 7.00. The van der Waals surface area contributed by atoms with Crippen LogP contribution in [-0.2, 0) is 13.0 Å². The van der Waals surface area contributed by atoms with E-state index in [4.69, 9.17) is 4.98 Å². The van der Waals surface area contributed by atoms with Crippen molar-refractivity contribution in [3.63, 3.8) is 0 Å². The first kappa shape index (κ1) is 16.4. The first-order valence-electron chi connectivity index (χ1n) is 9.77. The lowest BCUT2D eigenvalue weighted by Gasteiger charge is -2.35. The lowest BCUT2D eigenvalue weighted by Crippen LogP contribution is -2.38. The molecule has 1 saturated heterocycles. The summed E-state index contributed by atoms with van der Waals surface area (Å²) in [5.74, 6) is 1.73. The van der Waals surface area contributed by atoms with Gasteiger partial charge in [-0.2, -0.15) is 9.50 Å². The van der Waals surface area contributed by atoms with Crippen LogP contribution in [-0.4, -0.2) is 55.6 Å². The Morgan fingerprint density at radius 1 is 1.23 bits per heavy atom. The van der Waals surface area contributed by atoms with Crippen molar-refractivity contribution in [3.8, 4) is 0 Å². The number of tetrazole rings is 1. The quantitative estimate of drug-likeness (QED) is 0.705. The molecule has 0 amide bonds. The molecule has 3 aromatic heterocycles.